The van der Waals surface area contributed by atoms with E-state index in [0.29, 0.717) is 13.1 Å². The van der Waals surface area contributed by atoms with Crippen LogP contribution in [-0.4, -0.2) is 32.5 Å². The van der Waals surface area contributed by atoms with E-state index in [4.69, 9.17) is 0 Å². The minimum absolute atomic E-state index is 0.0731. The number of aromatic nitrogens is 3. The van der Waals surface area contributed by atoms with Gasteiger partial charge in [-0.05, 0) is 19.1 Å². The van der Waals surface area contributed by atoms with Crippen molar-refractivity contribution in [1.29, 1.82) is 0 Å². The molecule has 0 saturated carbocycles. The zero-order valence-corrected chi connectivity index (χ0v) is 14.7. The van der Waals surface area contributed by atoms with Gasteiger partial charge in [0.1, 0.15) is 5.01 Å². The molecule has 1 aromatic carbocycles. The Hall–Kier alpha value is -2.32. The van der Waals surface area contributed by atoms with E-state index in [1.54, 1.807) is 11.3 Å². The van der Waals surface area contributed by atoms with Crippen LogP contribution in [0.15, 0.2) is 30.3 Å². The molecule has 0 aliphatic carbocycles. The second-order valence-corrected chi connectivity index (χ2v) is 7.75. The summed E-state index contributed by atoms with van der Waals surface area (Å²) in [4.78, 5) is 20.2. The number of nitrogens with zero attached hydrogens (tertiary/aromatic N) is 4. The lowest BCUT2D eigenvalue weighted by Crippen LogP contribution is -2.35. The van der Waals surface area contributed by atoms with Crippen molar-refractivity contribution in [2.75, 3.05) is 11.9 Å². The van der Waals surface area contributed by atoms with E-state index in [-0.39, 0.29) is 5.91 Å². The monoisotopic (exact) mass is 357 g/mol. The fourth-order valence-electron chi connectivity index (χ4n) is 2.62. The van der Waals surface area contributed by atoms with Gasteiger partial charge < -0.3 is 10.2 Å². The summed E-state index contributed by atoms with van der Waals surface area (Å²) >= 11 is 3.08. The van der Waals surface area contributed by atoms with Crippen LogP contribution in [0, 0.1) is 6.92 Å². The van der Waals surface area contributed by atoms with Gasteiger partial charge in [-0.3, -0.25) is 4.79 Å². The first-order valence-electron chi connectivity index (χ1n) is 7.59. The number of hydrogen-bond acceptors (Lipinski definition) is 7. The largest absolute Gasteiger partial charge is 0.333 e. The highest BCUT2D eigenvalue weighted by Gasteiger charge is 2.25. The second kappa shape index (κ2) is 6.29. The van der Waals surface area contributed by atoms with Gasteiger partial charge in [-0.25, -0.2) is 4.98 Å². The first-order chi connectivity index (χ1) is 11.7. The predicted molar refractivity (Wildman–Crippen MR) is 94.9 cm³/mol. The molecule has 6 nitrogen and oxygen atoms in total. The predicted octanol–water partition coefficient (Wildman–Crippen LogP) is 3.25. The molecule has 0 unspecified atom stereocenters. The van der Waals surface area contributed by atoms with E-state index in [0.717, 1.165) is 37.8 Å². The third kappa shape index (κ3) is 3.02. The van der Waals surface area contributed by atoms with E-state index < -0.39 is 0 Å². The number of carbonyl (C=O) groups is 1. The number of carbonyl (C=O) groups excluding carboxylic acids is 1. The highest BCUT2D eigenvalue weighted by Crippen LogP contribution is 2.31. The molecule has 0 spiro atoms. The van der Waals surface area contributed by atoms with Crippen LogP contribution in [0.1, 0.15) is 25.9 Å². The van der Waals surface area contributed by atoms with Gasteiger partial charge in [0, 0.05) is 23.4 Å². The maximum absolute atomic E-state index is 12.6. The van der Waals surface area contributed by atoms with Crippen LogP contribution in [0.4, 0.5) is 10.3 Å². The van der Waals surface area contributed by atoms with Gasteiger partial charge in [0.05, 0.1) is 12.2 Å². The molecule has 3 aromatic rings. The Morgan fingerprint density at radius 1 is 1.17 bits per heavy atom. The molecule has 2 aromatic heterocycles. The van der Waals surface area contributed by atoms with Gasteiger partial charge in [-0.15, -0.1) is 10.2 Å². The molecule has 1 N–H and O–H groups in total. The van der Waals surface area contributed by atoms with Crippen molar-refractivity contribution < 1.29 is 4.79 Å². The Bertz CT molecular complexity index is 874. The van der Waals surface area contributed by atoms with Crippen LogP contribution < -0.4 is 5.32 Å². The zero-order valence-electron chi connectivity index (χ0n) is 13.0. The maximum Gasteiger partial charge on any atom is 0.254 e. The first-order valence-corrected chi connectivity index (χ1v) is 9.22. The summed E-state index contributed by atoms with van der Waals surface area (Å²) in [6, 6.07) is 9.41. The summed E-state index contributed by atoms with van der Waals surface area (Å²) in [6.45, 7) is 3.22. The SMILES string of the molecule is Cc1nnc(Nc2nc3c(s2)CN(C(=O)c2ccccc2)CC3)s1. The molecule has 4 rings (SSSR count). The maximum atomic E-state index is 12.6. The second-order valence-electron chi connectivity index (χ2n) is 5.48. The van der Waals surface area contributed by atoms with Gasteiger partial charge in [-0.2, -0.15) is 0 Å². The lowest BCUT2D eigenvalue weighted by atomic mass is 10.1. The number of benzene rings is 1. The molecule has 0 atom stereocenters. The lowest BCUT2D eigenvalue weighted by Gasteiger charge is -2.26. The zero-order chi connectivity index (χ0) is 16.5. The van der Waals surface area contributed by atoms with Crippen LogP contribution in [0.2, 0.25) is 0 Å². The minimum atomic E-state index is 0.0731. The Morgan fingerprint density at radius 2 is 2.00 bits per heavy atom. The van der Waals surface area contributed by atoms with E-state index in [1.165, 1.54) is 11.3 Å². The smallest absolute Gasteiger partial charge is 0.254 e. The average molecular weight is 357 g/mol. The molecular formula is C16H15N5OS2. The van der Waals surface area contributed by atoms with E-state index in [2.05, 4.69) is 20.5 Å². The van der Waals surface area contributed by atoms with E-state index >= 15 is 0 Å². The van der Waals surface area contributed by atoms with Crippen molar-refractivity contribution in [1.82, 2.24) is 20.1 Å². The van der Waals surface area contributed by atoms with E-state index in [1.807, 2.05) is 42.2 Å². The summed E-state index contributed by atoms with van der Waals surface area (Å²) in [7, 11) is 0. The van der Waals surface area contributed by atoms with Crippen molar-refractivity contribution in [2.24, 2.45) is 0 Å². The molecule has 1 aliphatic rings. The van der Waals surface area contributed by atoms with Crippen LogP contribution in [0.3, 0.4) is 0 Å². The number of aryl methyl sites for hydroxylation is 1. The fourth-order valence-corrected chi connectivity index (χ4v) is 4.30. The summed E-state index contributed by atoms with van der Waals surface area (Å²) in [5.74, 6) is 0.0731. The first kappa shape index (κ1) is 15.2. The number of hydrogen-bond donors (Lipinski definition) is 1. The van der Waals surface area contributed by atoms with Crippen LogP contribution in [0.25, 0.3) is 0 Å². The average Bonchev–Trinajstić information content (AvgIpc) is 3.19. The molecule has 24 heavy (non-hydrogen) atoms. The van der Waals surface area contributed by atoms with Crippen molar-refractivity contribution in [3.8, 4) is 0 Å². The number of amides is 1. The highest BCUT2D eigenvalue weighted by molar-refractivity contribution is 7.17. The van der Waals surface area contributed by atoms with E-state index in [9.17, 15) is 4.79 Å². The molecule has 1 aliphatic heterocycles. The summed E-state index contributed by atoms with van der Waals surface area (Å²) in [6.07, 6.45) is 0.779. The minimum Gasteiger partial charge on any atom is -0.333 e. The number of fused-ring (bicyclic) bond motifs is 1. The Labute approximate surface area is 147 Å². The van der Waals surface area contributed by atoms with Crippen LogP contribution >= 0.6 is 22.7 Å². The molecule has 122 valence electrons. The molecule has 3 heterocycles. The fraction of sp³-hybridized carbons (Fsp3) is 0.250. The third-order valence-corrected chi connectivity index (χ3v) is 5.53. The molecule has 0 bridgehead atoms. The van der Waals surface area contributed by atoms with Crippen molar-refractivity contribution in [3.05, 3.63) is 51.5 Å². The molecule has 1 amide bonds. The van der Waals surface area contributed by atoms with Crippen LogP contribution in [0.5, 0.6) is 0 Å². The van der Waals surface area contributed by atoms with Crippen LogP contribution in [-0.2, 0) is 13.0 Å². The molecule has 0 radical (unpaired) electrons. The number of thiazole rings is 1. The number of anilines is 2. The number of rotatable bonds is 3. The van der Waals surface area contributed by atoms with Gasteiger partial charge >= 0.3 is 0 Å². The third-order valence-electron chi connectivity index (χ3n) is 3.78. The number of nitrogens with one attached hydrogen (secondary N) is 1. The topological polar surface area (TPSA) is 71.0 Å². The molecule has 0 fully saturated rings. The Balaban J connectivity index is 1.50. The molecular weight excluding hydrogens is 342 g/mol. The van der Waals surface area contributed by atoms with Gasteiger partial charge in [0.15, 0.2) is 5.13 Å². The van der Waals surface area contributed by atoms with Crippen molar-refractivity contribution in [2.45, 2.75) is 19.9 Å². The summed E-state index contributed by atoms with van der Waals surface area (Å²) in [5.41, 5.74) is 1.80. The summed E-state index contributed by atoms with van der Waals surface area (Å²) in [5, 5.41) is 13.7. The highest BCUT2D eigenvalue weighted by atomic mass is 32.1. The quantitative estimate of drug-likeness (QED) is 0.779. The standard InChI is InChI=1S/C16H15N5OS2/c1-10-19-20-16(23-10)18-15-17-12-7-8-21(9-13(12)24-15)14(22)11-5-3-2-4-6-11/h2-6H,7-9H2,1H3,(H,17,18,20). The summed E-state index contributed by atoms with van der Waals surface area (Å²) < 4.78 is 0. The van der Waals surface area contributed by atoms with Gasteiger partial charge in [-0.1, -0.05) is 40.9 Å². The van der Waals surface area contributed by atoms with Crippen molar-refractivity contribution >= 4 is 38.8 Å². The van der Waals surface area contributed by atoms with Gasteiger partial charge in [0.2, 0.25) is 5.13 Å². The lowest BCUT2D eigenvalue weighted by molar-refractivity contribution is 0.0736. The van der Waals surface area contributed by atoms with Crippen molar-refractivity contribution in [3.63, 3.8) is 0 Å². The molecule has 8 heteroatoms. The normalized spacial score (nSPS) is 13.6. The van der Waals surface area contributed by atoms with Gasteiger partial charge in [0.25, 0.3) is 5.91 Å². The molecule has 0 saturated heterocycles. The Morgan fingerprint density at radius 3 is 2.75 bits per heavy atom. The Kier molecular flexibility index (Phi) is 3.99.